The van der Waals surface area contributed by atoms with Crippen molar-refractivity contribution < 1.29 is 0 Å². The summed E-state index contributed by atoms with van der Waals surface area (Å²) in [6.45, 7) is 4.45. The Balaban J connectivity index is 1.99. The molecule has 0 bridgehead atoms. The van der Waals surface area contributed by atoms with E-state index in [1.54, 1.807) is 11.3 Å². The second-order valence-electron chi connectivity index (χ2n) is 3.41. The van der Waals surface area contributed by atoms with Crippen LogP contribution in [0.2, 0.25) is 4.34 Å². The van der Waals surface area contributed by atoms with Gasteiger partial charge in [-0.1, -0.05) is 31.4 Å². The molecule has 0 atom stereocenters. The van der Waals surface area contributed by atoms with Gasteiger partial charge in [0.25, 0.3) is 0 Å². The van der Waals surface area contributed by atoms with Crippen molar-refractivity contribution in [1.82, 2.24) is 5.32 Å². The third kappa shape index (κ3) is 4.99. The van der Waals surface area contributed by atoms with E-state index in [2.05, 4.69) is 18.3 Å². The lowest BCUT2D eigenvalue weighted by molar-refractivity contribution is 0.618. The molecule has 0 spiro atoms. The number of thiophene rings is 1. The Kier molecular flexibility index (Phi) is 6.24. The summed E-state index contributed by atoms with van der Waals surface area (Å²) < 4.78 is 0.894. The molecule has 0 aromatic carbocycles. The molecule has 0 aliphatic carbocycles. The van der Waals surface area contributed by atoms with Gasteiger partial charge in [0.2, 0.25) is 0 Å². The largest absolute Gasteiger partial charge is 0.316 e. The van der Waals surface area contributed by atoms with E-state index in [4.69, 9.17) is 11.6 Å². The van der Waals surface area contributed by atoms with Crippen molar-refractivity contribution in [2.45, 2.75) is 32.6 Å². The van der Waals surface area contributed by atoms with Gasteiger partial charge >= 0.3 is 0 Å². The second-order valence-corrected chi connectivity index (χ2v) is 5.21. The molecule has 0 aliphatic rings. The van der Waals surface area contributed by atoms with Crippen molar-refractivity contribution in [3.8, 4) is 0 Å². The zero-order valence-corrected chi connectivity index (χ0v) is 10.3. The molecule has 0 fully saturated rings. The van der Waals surface area contributed by atoms with Crippen LogP contribution in [-0.2, 0) is 6.42 Å². The molecule has 1 N–H and O–H groups in total. The number of halogens is 1. The minimum atomic E-state index is 0.894. The first-order valence-corrected chi connectivity index (χ1v) is 6.47. The monoisotopic (exact) mass is 231 g/mol. The van der Waals surface area contributed by atoms with Gasteiger partial charge in [-0.3, -0.25) is 0 Å². The van der Waals surface area contributed by atoms with Gasteiger partial charge in [-0.05, 0) is 38.1 Å². The van der Waals surface area contributed by atoms with Crippen LogP contribution in [0.25, 0.3) is 0 Å². The summed E-state index contributed by atoms with van der Waals surface area (Å²) in [6.07, 6.45) is 5.02. The molecule has 1 rings (SSSR count). The molecule has 14 heavy (non-hydrogen) atoms. The van der Waals surface area contributed by atoms with E-state index in [0.717, 1.165) is 23.8 Å². The van der Waals surface area contributed by atoms with Gasteiger partial charge in [-0.2, -0.15) is 0 Å². The molecule has 0 saturated heterocycles. The molecule has 1 nitrogen and oxygen atoms in total. The highest BCUT2D eigenvalue weighted by atomic mass is 35.5. The van der Waals surface area contributed by atoms with E-state index in [-0.39, 0.29) is 0 Å². The number of nitrogens with one attached hydrogen (secondary N) is 1. The molecule has 3 heteroatoms. The Morgan fingerprint density at radius 1 is 1.29 bits per heavy atom. The van der Waals surface area contributed by atoms with Crippen LogP contribution in [0.4, 0.5) is 0 Å². The molecular weight excluding hydrogens is 214 g/mol. The summed E-state index contributed by atoms with van der Waals surface area (Å²) in [7, 11) is 0. The zero-order valence-electron chi connectivity index (χ0n) is 8.68. The lowest BCUT2D eigenvalue weighted by atomic mass is 10.2. The van der Waals surface area contributed by atoms with E-state index in [9.17, 15) is 0 Å². The average molecular weight is 232 g/mol. The summed E-state index contributed by atoms with van der Waals surface area (Å²) in [5.41, 5.74) is 0. The highest BCUT2D eigenvalue weighted by Gasteiger charge is 1.96. The minimum Gasteiger partial charge on any atom is -0.316 e. The van der Waals surface area contributed by atoms with Crippen LogP contribution in [0.3, 0.4) is 0 Å². The van der Waals surface area contributed by atoms with E-state index < -0.39 is 0 Å². The fourth-order valence-electron chi connectivity index (χ4n) is 1.32. The molecule has 1 aromatic heterocycles. The van der Waals surface area contributed by atoms with Crippen molar-refractivity contribution >= 4 is 22.9 Å². The van der Waals surface area contributed by atoms with Gasteiger partial charge < -0.3 is 5.32 Å². The lowest BCUT2D eigenvalue weighted by Crippen LogP contribution is -2.17. The first kappa shape index (κ1) is 12.0. The standard InChI is InChI=1S/C11H18ClNS/c1-2-3-4-8-13-9-7-10-5-6-11(12)14-10/h5-6,13H,2-4,7-9H2,1H3. The predicted octanol–water partition coefficient (Wildman–Crippen LogP) is 3.72. The Labute approximate surface area is 95.5 Å². The summed E-state index contributed by atoms with van der Waals surface area (Å²) in [5, 5.41) is 3.44. The van der Waals surface area contributed by atoms with Gasteiger partial charge in [0.15, 0.2) is 0 Å². The SMILES string of the molecule is CCCCCNCCc1ccc(Cl)s1. The van der Waals surface area contributed by atoms with Crippen LogP contribution < -0.4 is 5.32 Å². The average Bonchev–Trinajstić information content (AvgIpc) is 2.58. The molecule has 0 saturated carbocycles. The van der Waals surface area contributed by atoms with Crippen LogP contribution in [-0.4, -0.2) is 13.1 Å². The van der Waals surface area contributed by atoms with Crippen LogP contribution in [0, 0.1) is 0 Å². The van der Waals surface area contributed by atoms with Crippen molar-refractivity contribution in [3.05, 3.63) is 21.3 Å². The maximum Gasteiger partial charge on any atom is 0.0931 e. The molecule has 80 valence electrons. The fraction of sp³-hybridized carbons (Fsp3) is 0.636. The maximum absolute atomic E-state index is 5.84. The Hall–Kier alpha value is -0.0500. The molecular formula is C11H18ClNS. The first-order chi connectivity index (χ1) is 6.83. The summed E-state index contributed by atoms with van der Waals surface area (Å²) >= 11 is 7.52. The number of rotatable bonds is 7. The third-order valence-electron chi connectivity index (χ3n) is 2.13. The summed E-state index contributed by atoms with van der Waals surface area (Å²) in [6, 6.07) is 4.08. The van der Waals surface area contributed by atoms with E-state index in [1.807, 2.05) is 6.07 Å². The van der Waals surface area contributed by atoms with Crippen molar-refractivity contribution in [1.29, 1.82) is 0 Å². The van der Waals surface area contributed by atoms with Gasteiger partial charge in [-0.25, -0.2) is 0 Å². The zero-order chi connectivity index (χ0) is 10.2. The summed E-state index contributed by atoms with van der Waals surface area (Å²) in [5.74, 6) is 0. The van der Waals surface area contributed by atoms with Crippen molar-refractivity contribution in [2.75, 3.05) is 13.1 Å². The van der Waals surface area contributed by atoms with E-state index >= 15 is 0 Å². The van der Waals surface area contributed by atoms with Gasteiger partial charge in [0.1, 0.15) is 0 Å². The molecule has 0 aliphatic heterocycles. The molecule has 1 aromatic rings. The van der Waals surface area contributed by atoms with Gasteiger partial charge in [-0.15, -0.1) is 11.3 Å². The van der Waals surface area contributed by atoms with Gasteiger partial charge in [0.05, 0.1) is 4.34 Å². The normalized spacial score (nSPS) is 10.7. The first-order valence-electron chi connectivity index (χ1n) is 5.28. The minimum absolute atomic E-state index is 0.894. The second kappa shape index (κ2) is 7.27. The number of unbranched alkanes of at least 4 members (excludes halogenated alkanes) is 2. The lowest BCUT2D eigenvalue weighted by Gasteiger charge is -2.02. The third-order valence-corrected chi connectivity index (χ3v) is 3.43. The Bertz CT molecular complexity index is 247. The van der Waals surface area contributed by atoms with Crippen molar-refractivity contribution in [2.24, 2.45) is 0 Å². The number of hydrogen-bond donors (Lipinski definition) is 1. The van der Waals surface area contributed by atoms with Crippen LogP contribution in [0.15, 0.2) is 12.1 Å². The maximum atomic E-state index is 5.84. The molecule has 0 radical (unpaired) electrons. The van der Waals surface area contributed by atoms with Gasteiger partial charge in [0, 0.05) is 4.88 Å². The highest BCUT2D eigenvalue weighted by Crippen LogP contribution is 2.21. The van der Waals surface area contributed by atoms with E-state index in [0.29, 0.717) is 0 Å². The Morgan fingerprint density at radius 3 is 2.79 bits per heavy atom. The quantitative estimate of drug-likeness (QED) is 0.706. The topological polar surface area (TPSA) is 12.0 Å². The van der Waals surface area contributed by atoms with Crippen LogP contribution in [0.5, 0.6) is 0 Å². The predicted molar refractivity (Wildman–Crippen MR) is 65.4 cm³/mol. The van der Waals surface area contributed by atoms with Crippen LogP contribution >= 0.6 is 22.9 Å². The highest BCUT2D eigenvalue weighted by molar-refractivity contribution is 7.16. The van der Waals surface area contributed by atoms with Crippen LogP contribution in [0.1, 0.15) is 31.1 Å². The molecule has 0 amide bonds. The fourth-order valence-corrected chi connectivity index (χ4v) is 2.41. The Morgan fingerprint density at radius 2 is 2.14 bits per heavy atom. The summed E-state index contributed by atoms with van der Waals surface area (Å²) in [4.78, 5) is 1.37. The molecule has 1 heterocycles. The number of hydrogen-bond acceptors (Lipinski definition) is 2. The smallest absolute Gasteiger partial charge is 0.0931 e. The molecule has 0 unspecified atom stereocenters. The van der Waals surface area contributed by atoms with E-state index in [1.165, 1.54) is 24.1 Å². The van der Waals surface area contributed by atoms with Crippen molar-refractivity contribution in [3.63, 3.8) is 0 Å².